The topological polar surface area (TPSA) is 0 Å². The van der Waals surface area contributed by atoms with Crippen LogP contribution in [-0.4, -0.2) is 0 Å². The fourth-order valence-corrected chi connectivity index (χ4v) is 2.40. The Morgan fingerprint density at radius 3 is 2.20 bits per heavy atom. The van der Waals surface area contributed by atoms with E-state index in [1.54, 1.807) is 36.4 Å². The van der Waals surface area contributed by atoms with Gasteiger partial charge in [-0.2, -0.15) is 0 Å². The molecule has 1 atom stereocenters. The number of rotatable bonds is 2. The number of benzene rings is 2. The average Bonchev–Trinajstić information content (AvgIpc) is 2.50. The van der Waals surface area contributed by atoms with E-state index in [9.17, 15) is 8.78 Å². The van der Waals surface area contributed by atoms with Crippen LogP contribution < -0.4 is 0 Å². The maximum Gasteiger partial charge on any atom is 0.157 e. The molecule has 2 heteroatoms. The van der Waals surface area contributed by atoms with E-state index < -0.39 is 5.67 Å². The summed E-state index contributed by atoms with van der Waals surface area (Å²) in [6.07, 6.45) is 5.51. The fraction of sp³-hybridized carbons (Fsp3) is 0.111. The molecule has 1 unspecified atom stereocenters. The number of hydrogen-bond acceptors (Lipinski definition) is 0. The highest BCUT2D eigenvalue weighted by molar-refractivity contribution is 5.75. The molecule has 0 aliphatic heterocycles. The number of hydrogen-bond donors (Lipinski definition) is 0. The first kappa shape index (κ1) is 12.8. The van der Waals surface area contributed by atoms with Crippen molar-refractivity contribution in [1.82, 2.24) is 0 Å². The Morgan fingerprint density at radius 2 is 1.60 bits per heavy atom. The molecule has 20 heavy (non-hydrogen) atoms. The van der Waals surface area contributed by atoms with Crippen LogP contribution in [-0.2, 0) is 5.67 Å². The first-order chi connectivity index (χ1) is 9.67. The molecular weight excluding hydrogens is 254 g/mol. The highest BCUT2D eigenvalue weighted by Crippen LogP contribution is 2.37. The quantitative estimate of drug-likeness (QED) is 0.716. The minimum atomic E-state index is -1.45. The van der Waals surface area contributed by atoms with Gasteiger partial charge < -0.3 is 0 Å². The molecule has 1 aliphatic rings. The van der Waals surface area contributed by atoms with Gasteiger partial charge in [0.1, 0.15) is 5.82 Å². The molecule has 3 rings (SSSR count). The Kier molecular flexibility index (Phi) is 3.23. The first-order valence-corrected chi connectivity index (χ1v) is 6.57. The van der Waals surface area contributed by atoms with Crippen LogP contribution in [0.5, 0.6) is 0 Å². The molecule has 1 aliphatic carbocycles. The minimum Gasteiger partial charge on any atom is -0.234 e. The van der Waals surface area contributed by atoms with Crippen LogP contribution in [0.4, 0.5) is 8.78 Å². The Hall–Kier alpha value is -2.22. The standard InChI is InChI=1S/C18H14F2/c19-17-8-6-14(7-9-17)15-10-12-18(20,13-11-15)16-4-2-1-3-5-16/h1-12H,13H2. The summed E-state index contributed by atoms with van der Waals surface area (Å²) in [7, 11) is 0. The van der Waals surface area contributed by atoms with Gasteiger partial charge in [0.2, 0.25) is 0 Å². The van der Waals surface area contributed by atoms with Crippen molar-refractivity contribution < 1.29 is 8.78 Å². The van der Waals surface area contributed by atoms with E-state index in [1.807, 2.05) is 24.3 Å². The summed E-state index contributed by atoms with van der Waals surface area (Å²) >= 11 is 0. The van der Waals surface area contributed by atoms with E-state index >= 15 is 0 Å². The van der Waals surface area contributed by atoms with Crippen molar-refractivity contribution in [3.8, 4) is 0 Å². The first-order valence-electron chi connectivity index (χ1n) is 6.57. The molecule has 2 aromatic carbocycles. The highest BCUT2D eigenvalue weighted by atomic mass is 19.1. The van der Waals surface area contributed by atoms with Gasteiger partial charge in [-0.15, -0.1) is 0 Å². The lowest BCUT2D eigenvalue weighted by Gasteiger charge is -2.24. The molecule has 0 bridgehead atoms. The molecule has 0 fully saturated rings. The third-order valence-corrected chi connectivity index (χ3v) is 3.58. The predicted octanol–water partition coefficient (Wildman–Crippen LogP) is 5.03. The van der Waals surface area contributed by atoms with Gasteiger partial charge in [-0.05, 0) is 34.9 Å². The minimum absolute atomic E-state index is 0.265. The summed E-state index contributed by atoms with van der Waals surface area (Å²) in [6, 6.07) is 15.4. The summed E-state index contributed by atoms with van der Waals surface area (Å²) in [5.41, 5.74) is 1.03. The van der Waals surface area contributed by atoms with Crippen molar-refractivity contribution in [2.75, 3.05) is 0 Å². The Balaban J connectivity index is 1.85. The molecule has 0 saturated heterocycles. The lowest BCUT2D eigenvalue weighted by atomic mass is 9.86. The van der Waals surface area contributed by atoms with Crippen LogP contribution in [0.2, 0.25) is 0 Å². The summed E-state index contributed by atoms with van der Waals surface area (Å²) in [6.45, 7) is 0. The van der Waals surface area contributed by atoms with E-state index in [0.29, 0.717) is 12.0 Å². The Bertz CT molecular complexity index is 654. The second kappa shape index (κ2) is 5.04. The van der Waals surface area contributed by atoms with E-state index in [-0.39, 0.29) is 5.82 Å². The maximum atomic E-state index is 14.9. The predicted molar refractivity (Wildman–Crippen MR) is 77.4 cm³/mol. The summed E-state index contributed by atoms with van der Waals surface area (Å²) in [4.78, 5) is 0. The van der Waals surface area contributed by atoms with E-state index in [2.05, 4.69) is 0 Å². The number of halogens is 2. The summed E-state index contributed by atoms with van der Waals surface area (Å²) in [5.74, 6) is -0.265. The SMILES string of the molecule is Fc1ccc(C2=CCC(F)(c3ccccc3)C=C2)cc1. The van der Waals surface area contributed by atoms with Crippen molar-refractivity contribution in [1.29, 1.82) is 0 Å². The molecule has 0 aromatic heterocycles. The second-order valence-corrected chi connectivity index (χ2v) is 4.93. The van der Waals surface area contributed by atoms with E-state index in [1.165, 1.54) is 12.1 Å². The third kappa shape index (κ3) is 2.42. The van der Waals surface area contributed by atoms with Gasteiger partial charge in [0.05, 0.1) is 0 Å². The molecule has 0 amide bonds. The zero-order valence-electron chi connectivity index (χ0n) is 10.9. The van der Waals surface area contributed by atoms with Crippen LogP contribution in [0.25, 0.3) is 5.57 Å². The van der Waals surface area contributed by atoms with Crippen LogP contribution >= 0.6 is 0 Å². The zero-order chi connectivity index (χ0) is 14.0. The lowest BCUT2D eigenvalue weighted by molar-refractivity contribution is 0.236. The molecule has 0 N–H and O–H groups in total. The van der Waals surface area contributed by atoms with Crippen molar-refractivity contribution in [2.24, 2.45) is 0 Å². The second-order valence-electron chi connectivity index (χ2n) is 4.93. The van der Waals surface area contributed by atoms with Crippen LogP contribution in [0.1, 0.15) is 17.5 Å². The monoisotopic (exact) mass is 268 g/mol. The Morgan fingerprint density at radius 1 is 0.900 bits per heavy atom. The zero-order valence-corrected chi connectivity index (χ0v) is 10.9. The Labute approximate surface area is 117 Å². The number of alkyl halides is 1. The normalized spacial score (nSPS) is 21.6. The molecule has 100 valence electrons. The van der Waals surface area contributed by atoms with Gasteiger partial charge in [0.15, 0.2) is 5.67 Å². The molecule has 2 aromatic rings. The van der Waals surface area contributed by atoms with Crippen molar-refractivity contribution in [3.05, 3.63) is 89.8 Å². The van der Waals surface area contributed by atoms with Gasteiger partial charge >= 0.3 is 0 Å². The van der Waals surface area contributed by atoms with Crippen LogP contribution in [0.3, 0.4) is 0 Å². The smallest absolute Gasteiger partial charge is 0.157 e. The molecular formula is C18H14F2. The fourth-order valence-electron chi connectivity index (χ4n) is 2.40. The molecule has 0 saturated carbocycles. The van der Waals surface area contributed by atoms with Crippen LogP contribution in [0.15, 0.2) is 72.8 Å². The summed E-state index contributed by atoms with van der Waals surface area (Å²) < 4.78 is 27.8. The highest BCUT2D eigenvalue weighted by Gasteiger charge is 2.29. The van der Waals surface area contributed by atoms with Crippen LogP contribution in [0, 0.1) is 5.82 Å². The van der Waals surface area contributed by atoms with E-state index in [4.69, 9.17) is 0 Å². The largest absolute Gasteiger partial charge is 0.234 e. The number of allylic oxidation sites excluding steroid dienone is 4. The maximum absolute atomic E-state index is 14.9. The molecule has 0 nitrogen and oxygen atoms in total. The third-order valence-electron chi connectivity index (χ3n) is 3.58. The van der Waals surface area contributed by atoms with Gasteiger partial charge in [0.25, 0.3) is 0 Å². The van der Waals surface area contributed by atoms with Gasteiger partial charge in [-0.25, -0.2) is 8.78 Å². The lowest BCUT2D eigenvalue weighted by Crippen LogP contribution is -2.18. The van der Waals surface area contributed by atoms with Gasteiger partial charge in [-0.3, -0.25) is 0 Å². The average molecular weight is 268 g/mol. The summed E-state index contributed by atoms with van der Waals surface area (Å²) in [5, 5.41) is 0. The van der Waals surface area contributed by atoms with Crippen molar-refractivity contribution in [2.45, 2.75) is 12.1 Å². The van der Waals surface area contributed by atoms with Gasteiger partial charge in [-0.1, -0.05) is 54.6 Å². The van der Waals surface area contributed by atoms with E-state index in [0.717, 1.165) is 11.1 Å². The van der Waals surface area contributed by atoms with Crippen molar-refractivity contribution in [3.63, 3.8) is 0 Å². The molecule has 0 spiro atoms. The molecule has 0 heterocycles. The van der Waals surface area contributed by atoms with Crippen molar-refractivity contribution >= 4 is 5.57 Å². The van der Waals surface area contributed by atoms with Gasteiger partial charge in [0, 0.05) is 6.42 Å². The molecule has 0 radical (unpaired) electrons.